The van der Waals surface area contributed by atoms with E-state index in [4.69, 9.17) is 18.6 Å². The predicted octanol–water partition coefficient (Wildman–Crippen LogP) is 2.97. The molecule has 116 valence electrons. The van der Waals surface area contributed by atoms with Crippen LogP contribution in [0.15, 0.2) is 52.9 Å². The highest BCUT2D eigenvalue weighted by Crippen LogP contribution is 2.35. The summed E-state index contributed by atoms with van der Waals surface area (Å²) < 4.78 is 21.8. The molecule has 1 aliphatic rings. The third-order valence-corrected chi connectivity index (χ3v) is 3.41. The van der Waals surface area contributed by atoms with Crippen molar-refractivity contribution in [3.63, 3.8) is 0 Å². The van der Waals surface area contributed by atoms with Gasteiger partial charge in [-0.2, -0.15) is 0 Å². The number of benzene rings is 2. The summed E-state index contributed by atoms with van der Waals surface area (Å²) >= 11 is 0. The summed E-state index contributed by atoms with van der Waals surface area (Å²) in [5.74, 6) is 3.07. The quantitative estimate of drug-likeness (QED) is 0.722. The van der Waals surface area contributed by atoms with E-state index in [-0.39, 0.29) is 13.4 Å². The molecule has 23 heavy (non-hydrogen) atoms. The minimum absolute atomic E-state index is 0.210. The van der Waals surface area contributed by atoms with E-state index in [1.807, 2.05) is 42.5 Å². The summed E-state index contributed by atoms with van der Waals surface area (Å²) in [6.07, 6.45) is 0.609. The van der Waals surface area contributed by atoms with Crippen LogP contribution in [-0.2, 0) is 13.0 Å². The van der Waals surface area contributed by atoms with E-state index >= 15 is 0 Å². The molecule has 0 N–H and O–H groups in total. The molecular weight excluding hydrogens is 296 g/mol. The second kappa shape index (κ2) is 6.00. The van der Waals surface area contributed by atoms with E-state index < -0.39 is 0 Å². The van der Waals surface area contributed by atoms with Crippen LogP contribution in [0.5, 0.6) is 17.2 Å². The van der Waals surface area contributed by atoms with Gasteiger partial charge in [-0.1, -0.05) is 30.3 Å². The van der Waals surface area contributed by atoms with Crippen LogP contribution < -0.4 is 14.2 Å². The Hall–Kier alpha value is -3.02. The van der Waals surface area contributed by atoms with Crippen molar-refractivity contribution in [2.24, 2.45) is 0 Å². The lowest BCUT2D eigenvalue weighted by atomic mass is 10.2. The maximum atomic E-state index is 5.65. The molecule has 0 atom stereocenters. The van der Waals surface area contributed by atoms with Gasteiger partial charge in [-0.3, -0.25) is 0 Å². The fraction of sp³-hybridized carbons (Fsp3) is 0.176. The summed E-state index contributed by atoms with van der Waals surface area (Å²) in [4.78, 5) is 0. The Labute approximate surface area is 132 Å². The van der Waals surface area contributed by atoms with Gasteiger partial charge in [0.15, 0.2) is 18.1 Å². The molecule has 0 spiro atoms. The second-order valence-electron chi connectivity index (χ2n) is 5.06. The molecule has 4 rings (SSSR count). The highest BCUT2D eigenvalue weighted by atomic mass is 16.7. The second-order valence-corrected chi connectivity index (χ2v) is 5.06. The Kier molecular flexibility index (Phi) is 3.56. The van der Waals surface area contributed by atoms with Crippen LogP contribution in [0.1, 0.15) is 17.3 Å². The van der Waals surface area contributed by atoms with E-state index in [9.17, 15) is 0 Å². The summed E-state index contributed by atoms with van der Waals surface area (Å²) in [5.41, 5.74) is 1.12. The van der Waals surface area contributed by atoms with Gasteiger partial charge in [-0.15, -0.1) is 10.2 Å². The van der Waals surface area contributed by atoms with Gasteiger partial charge in [-0.25, -0.2) is 0 Å². The number of nitrogens with zero attached hydrogens (tertiary/aromatic N) is 2. The molecule has 2 aromatic carbocycles. The highest BCUT2D eigenvalue weighted by molar-refractivity contribution is 5.46. The fourth-order valence-electron chi connectivity index (χ4n) is 2.30. The first-order chi connectivity index (χ1) is 11.4. The number of hydrogen-bond donors (Lipinski definition) is 0. The van der Waals surface area contributed by atoms with Crippen molar-refractivity contribution in [3.8, 4) is 17.2 Å². The lowest BCUT2D eigenvalue weighted by Gasteiger charge is -2.04. The molecule has 1 aliphatic heterocycles. The lowest BCUT2D eigenvalue weighted by molar-refractivity contribution is 0.173. The molecule has 0 saturated carbocycles. The SMILES string of the molecule is c1ccc(Cc2nnc(COc3ccc4c(c3)OCO4)o2)cc1. The molecule has 0 bridgehead atoms. The Bertz CT molecular complexity index is 801. The molecule has 3 aromatic rings. The van der Waals surface area contributed by atoms with E-state index in [0.29, 0.717) is 29.7 Å². The number of fused-ring (bicyclic) bond motifs is 1. The summed E-state index contributed by atoms with van der Waals surface area (Å²) in [6, 6.07) is 15.4. The van der Waals surface area contributed by atoms with Gasteiger partial charge in [0.2, 0.25) is 12.7 Å². The smallest absolute Gasteiger partial charge is 0.253 e. The molecule has 0 fully saturated rings. The van der Waals surface area contributed by atoms with Crippen LogP contribution in [0.4, 0.5) is 0 Å². The van der Waals surface area contributed by atoms with Gasteiger partial charge in [0.1, 0.15) is 5.75 Å². The average Bonchev–Trinajstić information content (AvgIpc) is 3.22. The van der Waals surface area contributed by atoms with E-state index in [2.05, 4.69) is 10.2 Å². The topological polar surface area (TPSA) is 66.6 Å². The van der Waals surface area contributed by atoms with Crippen molar-refractivity contribution >= 4 is 0 Å². The highest BCUT2D eigenvalue weighted by Gasteiger charge is 2.14. The number of ether oxygens (including phenoxy) is 3. The molecule has 6 nitrogen and oxygen atoms in total. The number of rotatable bonds is 5. The number of aromatic nitrogens is 2. The molecule has 0 aliphatic carbocycles. The van der Waals surface area contributed by atoms with Crippen LogP contribution >= 0.6 is 0 Å². The van der Waals surface area contributed by atoms with Gasteiger partial charge >= 0.3 is 0 Å². The van der Waals surface area contributed by atoms with Gasteiger partial charge in [0, 0.05) is 6.07 Å². The standard InChI is InChI=1S/C17H14N2O4/c1-2-4-12(5-3-1)8-16-18-19-17(23-16)10-20-13-6-7-14-15(9-13)22-11-21-14/h1-7,9H,8,10-11H2. The average molecular weight is 310 g/mol. The Morgan fingerprint density at radius 3 is 2.65 bits per heavy atom. The zero-order valence-electron chi connectivity index (χ0n) is 12.3. The van der Waals surface area contributed by atoms with Crippen molar-refractivity contribution in [2.45, 2.75) is 13.0 Å². The first-order valence-electron chi connectivity index (χ1n) is 7.24. The number of hydrogen-bond acceptors (Lipinski definition) is 6. The fourth-order valence-corrected chi connectivity index (χ4v) is 2.30. The Morgan fingerprint density at radius 2 is 1.74 bits per heavy atom. The lowest BCUT2D eigenvalue weighted by Crippen LogP contribution is -1.95. The predicted molar refractivity (Wildman–Crippen MR) is 80.4 cm³/mol. The molecule has 6 heteroatoms. The molecule has 0 amide bonds. The van der Waals surface area contributed by atoms with Crippen molar-refractivity contribution in [1.82, 2.24) is 10.2 Å². The molecule has 0 unspecified atom stereocenters. The summed E-state index contributed by atoms with van der Waals surface area (Å²) in [6.45, 7) is 0.451. The maximum Gasteiger partial charge on any atom is 0.253 e. The van der Waals surface area contributed by atoms with Crippen LogP contribution in [0, 0.1) is 0 Å². The van der Waals surface area contributed by atoms with Gasteiger partial charge in [0.05, 0.1) is 6.42 Å². The Morgan fingerprint density at radius 1 is 0.913 bits per heavy atom. The van der Waals surface area contributed by atoms with Crippen LogP contribution in [-0.4, -0.2) is 17.0 Å². The van der Waals surface area contributed by atoms with Crippen molar-refractivity contribution in [3.05, 3.63) is 65.9 Å². The van der Waals surface area contributed by atoms with Crippen LogP contribution in [0.3, 0.4) is 0 Å². The zero-order valence-corrected chi connectivity index (χ0v) is 12.3. The van der Waals surface area contributed by atoms with Crippen molar-refractivity contribution in [2.75, 3.05) is 6.79 Å². The van der Waals surface area contributed by atoms with E-state index in [1.54, 1.807) is 6.07 Å². The molecular formula is C17H14N2O4. The largest absolute Gasteiger partial charge is 0.484 e. The van der Waals surface area contributed by atoms with Gasteiger partial charge < -0.3 is 18.6 Å². The molecule has 0 saturated heterocycles. The van der Waals surface area contributed by atoms with Crippen LogP contribution in [0.25, 0.3) is 0 Å². The molecule has 1 aromatic heterocycles. The summed E-state index contributed by atoms with van der Waals surface area (Å²) in [7, 11) is 0. The normalized spacial score (nSPS) is 12.3. The Balaban J connectivity index is 1.38. The molecule has 2 heterocycles. The van der Waals surface area contributed by atoms with Gasteiger partial charge in [0.25, 0.3) is 5.89 Å². The van der Waals surface area contributed by atoms with E-state index in [0.717, 1.165) is 11.3 Å². The van der Waals surface area contributed by atoms with Crippen molar-refractivity contribution in [1.29, 1.82) is 0 Å². The minimum Gasteiger partial charge on any atom is -0.484 e. The zero-order chi connectivity index (χ0) is 15.5. The monoisotopic (exact) mass is 310 g/mol. The third-order valence-electron chi connectivity index (χ3n) is 3.41. The summed E-state index contributed by atoms with van der Waals surface area (Å²) in [5, 5.41) is 8.04. The first kappa shape index (κ1) is 13.6. The van der Waals surface area contributed by atoms with Gasteiger partial charge in [-0.05, 0) is 17.7 Å². The minimum atomic E-state index is 0.210. The van der Waals surface area contributed by atoms with Crippen LogP contribution in [0.2, 0.25) is 0 Å². The first-order valence-corrected chi connectivity index (χ1v) is 7.24. The molecule has 0 radical (unpaired) electrons. The van der Waals surface area contributed by atoms with E-state index in [1.165, 1.54) is 0 Å². The maximum absolute atomic E-state index is 5.65. The third kappa shape index (κ3) is 3.11. The van der Waals surface area contributed by atoms with Crippen molar-refractivity contribution < 1.29 is 18.6 Å².